The van der Waals surface area contributed by atoms with Crippen molar-refractivity contribution in [2.75, 3.05) is 23.4 Å². The molecule has 0 saturated carbocycles. The number of carbonyl (C=O) groups excluding carboxylic acids is 1. The molecule has 0 aromatic heterocycles. The van der Waals surface area contributed by atoms with E-state index in [1.807, 2.05) is 55.5 Å². The number of para-hydroxylation sites is 1. The van der Waals surface area contributed by atoms with E-state index in [-0.39, 0.29) is 12.5 Å². The van der Waals surface area contributed by atoms with Crippen LogP contribution in [0.15, 0.2) is 48.5 Å². The zero-order valence-electron chi connectivity index (χ0n) is 14.9. The molecule has 0 saturated heterocycles. The van der Waals surface area contributed by atoms with Crippen LogP contribution in [0.4, 0.5) is 11.4 Å². The molecule has 2 aromatic rings. The predicted molar refractivity (Wildman–Crippen MR) is 99.9 cm³/mol. The van der Waals surface area contributed by atoms with E-state index in [0.717, 1.165) is 29.2 Å². The number of hydrogen-bond donors (Lipinski definition) is 1. The minimum atomic E-state index is -0.165. The Morgan fingerprint density at radius 2 is 1.79 bits per heavy atom. The highest BCUT2D eigenvalue weighted by atomic mass is 16.5. The van der Waals surface area contributed by atoms with Crippen LogP contribution in [0, 0.1) is 6.92 Å². The lowest BCUT2D eigenvalue weighted by Gasteiger charge is -2.27. The van der Waals surface area contributed by atoms with E-state index in [1.165, 1.54) is 0 Å². The Kier molecular flexibility index (Phi) is 6.24. The second kappa shape index (κ2) is 8.39. The van der Waals surface area contributed by atoms with Gasteiger partial charge in [-0.3, -0.25) is 4.79 Å². The van der Waals surface area contributed by atoms with Crippen molar-refractivity contribution in [1.82, 2.24) is 0 Å². The van der Waals surface area contributed by atoms with Gasteiger partial charge in [0.05, 0.1) is 0 Å². The van der Waals surface area contributed by atoms with E-state index in [1.54, 1.807) is 0 Å². The summed E-state index contributed by atoms with van der Waals surface area (Å²) in [6.07, 6.45) is 0. The molecule has 0 radical (unpaired) electrons. The van der Waals surface area contributed by atoms with Gasteiger partial charge < -0.3 is 15.0 Å². The first-order valence-electron chi connectivity index (χ1n) is 8.36. The van der Waals surface area contributed by atoms with Crippen molar-refractivity contribution in [3.63, 3.8) is 0 Å². The van der Waals surface area contributed by atoms with Crippen molar-refractivity contribution in [2.24, 2.45) is 0 Å². The number of anilines is 2. The summed E-state index contributed by atoms with van der Waals surface area (Å²) < 4.78 is 5.56. The van der Waals surface area contributed by atoms with Gasteiger partial charge >= 0.3 is 0 Å². The van der Waals surface area contributed by atoms with E-state index < -0.39 is 0 Å². The minimum Gasteiger partial charge on any atom is -0.483 e. The molecule has 1 amide bonds. The number of carbonyl (C=O) groups is 1. The third-order valence-corrected chi connectivity index (χ3v) is 3.90. The van der Waals surface area contributed by atoms with Crippen molar-refractivity contribution in [2.45, 2.75) is 33.7 Å². The highest BCUT2D eigenvalue weighted by Gasteiger charge is 2.09. The van der Waals surface area contributed by atoms with Crippen LogP contribution in [0.2, 0.25) is 0 Å². The van der Waals surface area contributed by atoms with Crippen LogP contribution >= 0.6 is 0 Å². The van der Waals surface area contributed by atoms with Crippen LogP contribution in [0.3, 0.4) is 0 Å². The average Bonchev–Trinajstić information content (AvgIpc) is 2.56. The summed E-state index contributed by atoms with van der Waals surface area (Å²) in [6, 6.07) is 16.0. The van der Waals surface area contributed by atoms with Gasteiger partial charge in [-0.25, -0.2) is 0 Å². The number of nitrogens with zero attached hydrogens (tertiary/aromatic N) is 1. The maximum Gasteiger partial charge on any atom is 0.262 e. The van der Waals surface area contributed by atoms with Crippen LogP contribution in [0.5, 0.6) is 5.75 Å². The lowest BCUT2D eigenvalue weighted by molar-refractivity contribution is -0.118. The van der Waals surface area contributed by atoms with Gasteiger partial charge in [-0.05, 0) is 63.6 Å². The molecule has 0 atom stereocenters. The first kappa shape index (κ1) is 17.9. The lowest BCUT2D eigenvalue weighted by Crippen LogP contribution is -2.30. The molecular weight excluding hydrogens is 300 g/mol. The largest absolute Gasteiger partial charge is 0.483 e. The summed E-state index contributed by atoms with van der Waals surface area (Å²) in [4.78, 5) is 14.3. The van der Waals surface area contributed by atoms with Gasteiger partial charge in [-0.15, -0.1) is 0 Å². The molecule has 4 heteroatoms. The third kappa shape index (κ3) is 4.75. The summed E-state index contributed by atoms with van der Waals surface area (Å²) in [5.41, 5.74) is 2.95. The summed E-state index contributed by atoms with van der Waals surface area (Å²) in [5.74, 6) is 0.570. The van der Waals surface area contributed by atoms with Gasteiger partial charge in [0.25, 0.3) is 5.91 Å². The number of hydrogen-bond acceptors (Lipinski definition) is 3. The van der Waals surface area contributed by atoms with Gasteiger partial charge in [-0.1, -0.05) is 18.2 Å². The Hall–Kier alpha value is -2.49. The lowest BCUT2D eigenvalue weighted by atomic mass is 10.2. The highest BCUT2D eigenvalue weighted by molar-refractivity contribution is 5.92. The Morgan fingerprint density at radius 1 is 1.12 bits per heavy atom. The Morgan fingerprint density at radius 3 is 2.38 bits per heavy atom. The molecular formula is C20H26N2O2. The number of nitrogens with one attached hydrogen (secondary N) is 1. The normalized spacial score (nSPS) is 10.5. The molecule has 1 N–H and O–H groups in total. The van der Waals surface area contributed by atoms with Crippen LogP contribution in [0.1, 0.15) is 26.3 Å². The predicted octanol–water partition coefficient (Wildman–Crippen LogP) is 4.25. The average molecular weight is 326 g/mol. The number of benzene rings is 2. The molecule has 0 spiro atoms. The second-order valence-corrected chi connectivity index (χ2v) is 6.03. The molecule has 0 heterocycles. The fraction of sp³-hybridized carbons (Fsp3) is 0.350. The number of amides is 1. The number of rotatable bonds is 7. The standard InChI is InChI=1S/C20H26N2O2/c1-5-22(15(2)3)18-12-10-17(11-13-18)21-20(23)14-24-19-9-7-6-8-16(19)4/h6-13,15H,5,14H2,1-4H3,(H,21,23). The monoisotopic (exact) mass is 326 g/mol. The molecule has 0 fully saturated rings. The van der Waals surface area contributed by atoms with Crippen molar-refractivity contribution >= 4 is 17.3 Å². The Balaban J connectivity index is 1.91. The van der Waals surface area contributed by atoms with Gasteiger partial charge in [0.15, 0.2) is 6.61 Å². The Labute approximate surface area is 144 Å². The summed E-state index contributed by atoms with van der Waals surface area (Å²) in [6.45, 7) is 9.39. The van der Waals surface area contributed by atoms with Crippen molar-refractivity contribution < 1.29 is 9.53 Å². The van der Waals surface area contributed by atoms with Gasteiger partial charge in [0.1, 0.15) is 5.75 Å². The van der Waals surface area contributed by atoms with E-state index in [0.29, 0.717) is 6.04 Å². The van der Waals surface area contributed by atoms with Crippen LogP contribution in [0.25, 0.3) is 0 Å². The van der Waals surface area contributed by atoms with Crippen LogP contribution in [-0.4, -0.2) is 25.1 Å². The fourth-order valence-corrected chi connectivity index (χ4v) is 2.64. The number of aryl methyl sites for hydroxylation is 1. The van der Waals surface area contributed by atoms with E-state index in [4.69, 9.17) is 4.74 Å². The second-order valence-electron chi connectivity index (χ2n) is 6.03. The minimum absolute atomic E-state index is 0.000314. The van der Waals surface area contributed by atoms with Gasteiger partial charge in [0.2, 0.25) is 0 Å². The first-order valence-corrected chi connectivity index (χ1v) is 8.36. The molecule has 0 bridgehead atoms. The zero-order chi connectivity index (χ0) is 17.5. The van der Waals surface area contributed by atoms with Crippen LogP contribution < -0.4 is 15.0 Å². The van der Waals surface area contributed by atoms with E-state index >= 15 is 0 Å². The van der Waals surface area contributed by atoms with Crippen molar-refractivity contribution in [3.8, 4) is 5.75 Å². The third-order valence-electron chi connectivity index (χ3n) is 3.90. The molecule has 4 nitrogen and oxygen atoms in total. The topological polar surface area (TPSA) is 41.6 Å². The molecule has 128 valence electrons. The van der Waals surface area contributed by atoms with Gasteiger partial charge in [0, 0.05) is 24.0 Å². The first-order chi connectivity index (χ1) is 11.5. The molecule has 24 heavy (non-hydrogen) atoms. The molecule has 0 aliphatic rings. The van der Waals surface area contributed by atoms with Gasteiger partial charge in [-0.2, -0.15) is 0 Å². The van der Waals surface area contributed by atoms with E-state index in [2.05, 4.69) is 31.0 Å². The summed E-state index contributed by atoms with van der Waals surface area (Å²) in [7, 11) is 0. The quantitative estimate of drug-likeness (QED) is 0.827. The maximum absolute atomic E-state index is 12.0. The van der Waals surface area contributed by atoms with Crippen LogP contribution in [-0.2, 0) is 4.79 Å². The Bertz CT molecular complexity index is 666. The molecule has 0 unspecified atom stereocenters. The maximum atomic E-state index is 12.0. The molecule has 2 aromatic carbocycles. The summed E-state index contributed by atoms with van der Waals surface area (Å²) in [5, 5.41) is 2.86. The number of ether oxygens (including phenoxy) is 1. The highest BCUT2D eigenvalue weighted by Crippen LogP contribution is 2.20. The molecule has 0 aliphatic heterocycles. The van der Waals surface area contributed by atoms with E-state index in [9.17, 15) is 4.79 Å². The van der Waals surface area contributed by atoms with Crippen molar-refractivity contribution in [3.05, 3.63) is 54.1 Å². The summed E-state index contributed by atoms with van der Waals surface area (Å²) >= 11 is 0. The SMILES string of the molecule is CCN(c1ccc(NC(=O)COc2ccccc2C)cc1)C(C)C. The van der Waals surface area contributed by atoms with Crippen molar-refractivity contribution in [1.29, 1.82) is 0 Å². The molecule has 0 aliphatic carbocycles. The zero-order valence-corrected chi connectivity index (χ0v) is 14.9. The smallest absolute Gasteiger partial charge is 0.262 e. The fourth-order valence-electron chi connectivity index (χ4n) is 2.64. The molecule has 2 rings (SSSR count).